The van der Waals surface area contributed by atoms with Crippen molar-refractivity contribution in [3.8, 4) is 0 Å². The predicted molar refractivity (Wildman–Crippen MR) is 64.4 cm³/mol. The molecule has 0 radical (unpaired) electrons. The van der Waals surface area contributed by atoms with Crippen LogP contribution in [-0.2, 0) is 11.2 Å². The molecular weight excluding hydrogens is 218 g/mol. The minimum Gasteiger partial charge on any atom is -0.397 e. The fourth-order valence-corrected chi connectivity index (χ4v) is 2.00. The molecule has 0 amide bonds. The van der Waals surface area contributed by atoms with Crippen molar-refractivity contribution >= 4 is 11.5 Å². The number of β-amino-alcohol motifs (C(OH)–C–C–N with tert-alkyl or cyclic N) is 1. The molecule has 0 unspecified atom stereocenters. The summed E-state index contributed by atoms with van der Waals surface area (Å²) >= 11 is 0. The summed E-state index contributed by atoms with van der Waals surface area (Å²) < 4.78 is 0. The number of nitrogens with two attached hydrogens (primary N) is 1. The Kier molecular flexibility index (Phi) is 3.71. The Morgan fingerprint density at radius 1 is 1.59 bits per heavy atom. The van der Waals surface area contributed by atoms with E-state index in [1.165, 1.54) is 0 Å². The van der Waals surface area contributed by atoms with E-state index in [1.54, 1.807) is 18.3 Å². The maximum atomic E-state index is 11.8. The lowest BCUT2D eigenvalue weighted by atomic mass is 10.2. The smallest absolute Gasteiger partial charge is 0.152 e. The molecule has 1 aliphatic rings. The van der Waals surface area contributed by atoms with E-state index in [9.17, 15) is 9.90 Å². The zero-order chi connectivity index (χ0) is 12.3. The number of carbonyl (C=O) groups excluding carboxylic acids is 1. The molecule has 0 aliphatic carbocycles. The summed E-state index contributed by atoms with van der Waals surface area (Å²) in [5, 5.41) is 9.35. The lowest BCUT2D eigenvalue weighted by Crippen LogP contribution is -2.29. The molecule has 0 aromatic carbocycles. The van der Waals surface area contributed by atoms with E-state index in [1.807, 2.05) is 4.90 Å². The summed E-state index contributed by atoms with van der Waals surface area (Å²) in [5.74, 6) is 0.122. The Hall–Kier alpha value is -1.46. The molecule has 1 aromatic heterocycles. The minimum absolute atomic E-state index is 0.122. The number of hydrogen-bond acceptors (Lipinski definition) is 5. The quantitative estimate of drug-likeness (QED) is 0.758. The molecule has 2 rings (SSSR count). The molecule has 5 heteroatoms. The predicted octanol–water partition coefficient (Wildman–Crippen LogP) is -0.158. The number of aliphatic hydroxyl groups is 1. The Bertz CT molecular complexity index is 391. The van der Waals surface area contributed by atoms with Crippen LogP contribution in [0.3, 0.4) is 0 Å². The van der Waals surface area contributed by atoms with Crippen LogP contribution >= 0.6 is 0 Å². The average Bonchev–Trinajstić information content (AvgIpc) is 2.67. The first-order valence-corrected chi connectivity index (χ1v) is 5.76. The monoisotopic (exact) mass is 235 g/mol. The molecule has 1 fully saturated rings. The second-order valence-electron chi connectivity index (χ2n) is 4.48. The van der Waals surface area contributed by atoms with Crippen molar-refractivity contribution in [2.24, 2.45) is 0 Å². The van der Waals surface area contributed by atoms with Crippen molar-refractivity contribution < 1.29 is 9.90 Å². The van der Waals surface area contributed by atoms with E-state index in [0.717, 1.165) is 18.7 Å². The number of rotatable bonds is 4. The number of anilines is 1. The van der Waals surface area contributed by atoms with Crippen molar-refractivity contribution in [1.82, 2.24) is 9.88 Å². The highest BCUT2D eigenvalue weighted by molar-refractivity contribution is 5.82. The SMILES string of the molecule is Nc1ccc(CC(=O)CN2CC[C@H](O)C2)nc1. The lowest BCUT2D eigenvalue weighted by molar-refractivity contribution is -0.119. The van der Waals surface area contributed by atoms with Crippen LogP contribution in [0.1, 0.15) is 12.1 Å². The summed E-state index contributed by atoms with van der Waals surface area (Å²) in [6.07, 6.45) is 2.36. The van der Waals surface area contributed by atoms with Crippen LogP contribution < -0.4 is 5.73 Å². The fourth-order valence-electron chi connectivity index (χ4n) is 2.00. The largest absolute Gasteiger partial charge is 0.397 e. The highest BCUT2D eigenvalue weighted by atomic mass is 16.3. The topological polar surface area (TPSA) is 79.5 Å². The van der Waals surface area contributed by atoms with Gasteiger partial charge in [0.1, 0.15) is 0 Å². The molecule has 0 spiro atoms. The zero-order valence-electron chi connectivity index (χ0n) is 9.67. The molecular formula is C12H17N3O2. The minimum atomic E-state index is -0.280. The number of ketones is 1. The maximum absolute atomic E-state index is 11.8. The van der Waals surface area contributed by atoms with Gasteiger partial charge in [0, 0.05) is 18.8 Å². The van der Waals surface area contributed by atoms with Gasteiger partial charge in [-0.3, -0.25) is 14.7 Å². The number of hydrogen-bond donors (Lipinski definition) is 2. The summed E-state index contributed by atoms with van der Waals surface area (Å²) in [5.41, 5.74) is 6.86. The Labute approximate surface area is 100 Å². The zero-order valence-corrected chi connectivity index (χ0v) is 9.67. The average molecular weight is 235 g/mol. The molecule has 3 N–H and O–H groups in total. The van der Waals surface area contributed by atoms with Gasteiger partial charge in [0.05, 0.1) is 31.0 Å². The highest BCUT2D eigenvalue weighted by Gasteiger charge is 2.21. The van der Waals surface area contributed by atoms with E-state index >= 15 is 0 Å². The second kappa shape index (κ2) is 5.25. The summed E-state index contributed by atoms with van der Waals surface area (Å²) in [4.78, 5) is 17.8. The van der Waals surface area contributed by atoms with Gasteiger partial charge in [-0.2, -0.15) is 0 Å². The third-order valence-electron chi connectivity index (χ3n) is 2.87. The van der Waals surface area contributed by atoms with E-state index in [0.29, 0.717) is 25.2 Å². The molecule has 0 saturated carbocycles. The first-order chi connectivity index (χ1) is 8.13. The maximum Gasteiger partial charge on any atom is 0.152 e. The van der Waals surface area contributed by atoms with Gasteiger partial charge >= 0.3 is 0 Å². The molecule has 1 aliphatic heterocycles. The standard InChI is InChI=1S/C12H17N3O2/c13-9-1-2-10(14-6-9)5-12(17)8-15-4-3-11(16)7-15/h1-2,6,11,16H,3-5,7-8,13H2/t11-/m0/s1. The number of likely N-dealkylation sites (tertiary alicyclic amines) is 1. The normalized spacial score (nSPS) is 20.6. The van der Waals surface area contributed by atoms with Gasteiger partial charge in [0.2, 0.25) is 0 Å². The van der Waals surface area contributed by atoms with Gasteiger partial charge in [0.25, 0.3) is 0 Å². The van der Waals surface area contributed by atoms with E-state index in [4.69, 9.17) is 5.73 Å². The molecule has 1 saturated heterocycles. The van der Waals surface area contributed by atoms with Crippen molar-refractivity contribution in [2.75, 3.05) is 25.4 Å². The molecule has 5 nitrogen and oxygen atoms in total. The van der Waals surface area contributed by atoms with Crippen LogP contribution in [0, 0.1) is 0 Å². The van der Waals surface area contributed by atoms with Crippen LogP contribution in [-0.4, -0.2) is 46.5 Å². The first-order valence-electron chi connectivity index (χ1n) is 5.76. The Morgan fingerprint density at radius 2 is 2.41 bits per heavy atom. The fraction of sp³-hybridized carbons (Fsp3) is 0.500. The van der Waals surface area contributed by atoms with Gasteiger partial charge < -0.3 is 10.8 Å². The van der Waals surface area contributed by atoms with Crippen molar-refractivity contribution in [2.45, 2.75) is 18.9 Å². The van der Waals surface area contributed by atoms with E-state index in [2.05, 4.69) is 4.98 Å². The number of pyridine rings is 1. The molecule has 92 valence electrons. The molecule has 17 heavy (non-hydrogen) atoms. The van der Waals surface area contributed by atoms with Gasteiger partial charge in [-0.1, -0.05) is 0 Å². The van der Waals surface area contributed by atoms with E-state index in [-0.39, 0.29) is 11.9 Å². The third-order valence-corrected chi connectivity index (χ3v) is 2.87. The highest BCUT2D eigenvalue weighted by Crippen LogP contribution is 2.09. The number of nitrogens with zero attached hydrogens (tertiary/aromatic N) is 2. The van der Waals surface area contributed by atoms with Gasteiger partial charge in [-0.05, 0) is 18.6 Å². The number of carbonyl (C=O) groups is 1. The first kappa shape index (κ1) is 12.0. The number of aromatic nitrogens is 1. The lowest BCUT2D eigenvalue weighted by Gasteiger charge is -2.13. The van der Waals surface area contributed by atoms with Crippen LogP contribution in [0.25, 0.3) is 0 Å². The van der Waals surface area contributed by atoms with Crippen LogP contribution in [0.5, 0.6) is 0 Å². The number of nitrogen functional groups attached to an aromatic ring is 1. The molecule has 2 heterocycles. The Morgan fingerprint density at radius 3 is 3.00 bits per heavy atom. The van der Waals surface area contributed by atoms with Gasteiger partial charge in [-0.25, -0.2) is 0 Å². The molecule has 1 aromatic rings. The second-order valence-corrected chi connectivity index (χ2v) is 4.48. The van der Waals surface area contributed by atoms with Gasteiger partial charge in [0.15, 0.2) is 5.78 Å². The third kappa shape index (κ3) is 3.51. The summed E-state index contributed by atoms with van der Waals surface area (Å²) in [7, 11) is 0. The Balaban J connectivity index is 1.83. The van der Waals surface area contributed by atoms with Crippen molar-refractivity contribution in [1.29, 1.82) is 0 Å². The van der Waals surface area contributed by atoms with Crippen LogP contribution in [0.15, 0.2) is 18.3 Å². The molecule has 0 bridgehead atoms. The van der Waals surface area contributed by atoms with Crippen LogP contribution in [0.2, 0.25) is 0 Å². The summed E-state index contributed by atoms with van der Waals surface area (Å²) in [6, 6.07) is 3.52. The number of Topliss-reactive ketones (excluding diaryl/α,β-unsaturated/α-hetero) is 1. The van der Waals surface area contributed by atoms with E-state index < -0.39 is 0 Å². The van der Waals surface area contributed by atoms with Gasteiger partial charge in [-0.15, -0.1) is 0 Å². The molecule has 1 atom stereocenters. The van der Waals surface area contributed by atoms with Crippen molar-refractivity contribution in [3.05, 3.63) is 24.0 Å². The van der Waals surface area contributed by atoms with Crippen LogP contribution in [0.4, 0.5) is 5.69 Å². The summed E-state index contributed by atoms with van der Waals surface area (Å²) in [6.45, 7) is 1.78. The number of aliphatic hydroxyl groups excluding tert-OH is 1. The van der Waals surface area contributed by atoms with Crippen molar-refractivity contribution in [3.63, 3.8) is 0 Å².